The van der Waals surface area contributed by atoms with Gasteiger partial charge in [0, 0.05) is 5.92 Å². The van der Waals surface area contributed by atoms with E-state index in [1.54, 1.807) is 17.2 Å². The summed E-state index contributed by atoms with van der Waals surface area (Å²) in [4.78, 5) is 14.6. The molecule has 5 rings (SSSR count). The molecule has 4 saturated carbocycles. The molecule has 5 heteroatoms. The quantitative estimate of drug-likeness (QED) is 0.858. The summed E-state index contributed by atoms with van der Waals surface area (Å²) in [6.45, 7) is 4.78. The van der Waals surface area contributed by atoms with Crippen molar-refractivity contribution in [2.24, 2.45) is 40.9 Å². The first-order valence-electron chi connectivity index (χ1n) is 11.5. The summed E-state index contributed by atoms with van der Waals surface area (Å²) >= 11 is 0. The van der Waals surface area contributed by atoms with Crippen LogP contribution in [0.5, 0.6) is 0 Å². The third kappa shape index (κ3) is 2.96. The number of carbonyl (C=O) groups is 1. The van der Waals surface area contributed by atoms with Gasteiger partial charge in [0.05, 0.1) is 18.0 Å². The minimum absolute atomic E-state index is 0.165. The Labute approximate surface area is 168 Å². The molecule has 4 fully saturated rings. The van der Waals surface area contributed by atoms with Gasteiger partial charge in [0.2, 0.25) is 0 Å². The monoisotopic (exact) mass is 385 g/mol. The van der Waals surface area contributed by atoms with Crippen LogP contribution in [0.25, 0.3) is 0 Å². The van der Waals surface area contributed by atoms with Crippen LogP contribution in [0.15, 0.2) is 12.4 Å². The molecule has 0 spiro atoms. The molecule has 154 valence electrons. The van der Waals surface area contributed by atoms with Crippen molar-refractivity contribution in [3.8, 4) is 0 Å². The first kappa shape index (κ1) is 18.8. The maximum atomic E-state index is 13.1. The fraction of sp³-hybridized carbons (Fsp3) is 0.870. The van der Waals surface area contributed by atoms with Crippen LogP contribution in [0.2, 0.25) is 0 Å². The first-order chi connectivity index (χ1) is 13.4. The van der Waals surface area contributed by atoms with Crippen molar-refractivity contribution in [2.45, 2.75) is 83.8 Å². The molecule has 0 amide bonds. The summed E-state index contributed by atoms with van der Waals surface area (Å²) in [5, 5.41) is 18.8. The lowest BCUT2D eigenvalue weighted by molar-refractivity contribution is -0.133. The number of aliphatic hydroxyl groups is 1. The molecule has 0 radical (unpaired) electrons. The van der Waals surface area contributed by atoms with Gasteiger partial charge in [-0.3, -0.25) is 4.79 Å². The van der Waals surface area contributed by atoms with E-state index in [1.807, 2.05) is 6.92 Å². The van der Waals surface area contributed by atoms with E-state index in [-0.39, 0.29) is 11.3 Å². The summed E-state index contributed by atoms with van der Waals surface area (Å²) in [7, 11) is 0. The number of Topliss-reactive ketones (excluding diaryl/α,β-unsaturated/α-hetero) is 1. The zero-order chi connectivity index (χ0) is 19.5. The second kappa shape index (κ2) is 6.65. The van der Waals surface area contributed by atoms with Gasteiger partial charge < -0.3 is 5.11 Å². The highest BCUT2D eigenvalue weighted by atomic mass is 16.3. The zero-order valence-corrected chi connectivity index (χ0v) is 17.4. The van der Waals surface area contributed by atoms with Crippen LogP contribution < -0.4 is 0 Å². The molecule has 1 aromatic heterocycles. The summed E-state index contributed by atoms with van der Waals surface area (Å²) in [6.07, 6.45) is 13.8. The second-order valence-corrected chi connectivity index (χ2v) is 10.9. The van der Waals surface area contributed by atoms with E-state index in [0.717, 1.165) is 42.9 Å². The average molecular weight is 386 g/mol. The smallest absolute Gasteiger partial charge is 0.159 e. The largest absolute Gasteiger partial charge is 0.390 e. The molecule has 3 unspecified atom stereocenters. The van der Waals surface area contributed by atoms with E-state index in [2.05, 4.69) is 17.1 Å². The predicted octanol–water partition coefficient (Wildman–Crippen LogP) is 3.87. The van der Waals surface area contributed by atoms with Gasteiger partial charge in [-0.25, -0.2) is 0 Å². The van der Waals surface area contributed by atoms with Crippen LogP contribution in [0.3, 0.4) is 0 Å². The number of aromatic nitrogens is 3. The van der Waals surface area contributed by atoms with Crippen molar-refractivity contribution >= 4 is 5.78 Å². The van der Waals surface area contributed by atoms with Crippen molar-refractivity contribution in [2.75, 3.05) is 0 Å². The molecule has 28 heavy (non-hydrogen) atoms. The Hall–Kier alpha value is -1.23. The highest BCUT2D eigenvalue weighted by molar-refractivity contribution is 5.81. The zero-order valence-electron chi connectivity index (χ0n) is 17.4. The Bertz CT molecular complexity index is 730. The van der Waals surface area contributed by atoms with Crippen molar-refractivity contribution in [3.05, 3.63) is 12.4 Å². The Kier molecular flexibility index (Phi) is 4.46. The van der Waals surface area contributed by atoms with Crippen LogP contribution in [0.1, 0.15) is 71.6 Å². The van der Waals surface area contributed by atoms with Crippen LogP contribution in [-0.4, -0.2) is 31.5 Å². The van der Waals surface area contributed by atoms with E-state index in [9.17, 15) is 9.90 Å². The Morgan fingerprint density at radius 1 is 1.00 bits per heavy atom. The molecule has 1 aromatic rings. The number of fused-ring (bicyclic) bond motifs is 5. The maximum absolute atomic E-state index is 13.1. The van der Waals surface area contributed by atoms with E-state index in [4.69, 9.17) is 0 Å². The standard InChI is InChI=1S/C23H35N3O2/c1-22(28)9-7-16-15(13-22)3-4-18-17(16)8-10-23(2)19(18)5-6-20(23)21(27)14-26-24-11-12-25-26/h11-12,15-20,28H,3-10,13-14H2,1-2H3/t15-,16-,17?,18?,19?,20+,22+,23-/m0/s1. The fourth-order valence-electron chi connectivity index (χ4n) is 8.19. The fourth-order valence-corrected chi connectivity index (χ4v) is 8.19. The Balaban J connectivity index is 1.32. The number of ketones is 1. The molecule has 4 aliphatic rings. The first-order valence-corrected chi connectivity index (χ1v) is 11.5. The third-order valence-corrected chi connectivity index (χ3v) is 9.39. The molecule has 5 nitrogen and oxygen atoms in total. The van der Waals surface area contributed by atoms with Gasteiger partial charge in [-0.1, -0.05) is 6.92 Å². The minimum Gasteiger partial charge on any atom is -0.390 e. The SMILES string of the molecule is C[C@@]1(O)CC[C@@H]2C3CC[C@@]4(C)C(CC[C@@H]4C(=O)Cn4nccn4)C3CC[C@H]2C1. The lowest BCUT2D eigenvalue weighted by Gasteiger charge is -2.56. The summed E-state index contributed by atoms with van der Waals surface area (Å²) in [5.41, 5.74) is -0.277. The van der Waals surface area contributed by atoms with E-state index in [0.29, 0.717) is 18.2 Å². The lowest BCUT2D eigenvalue weighted by atomic mass is 9.49. The molecule has 0 aliphatic heterocycles. The van der Waals surface area contributed by atoms with E-state index >= 15 is 0 Å². The van der Waals surface area contributed by atoms with Gasteiger partial charge in [-0.15, -0.1) is 0 Å². The van der Waals surface area contributed by atoms with Gasteiger partial charge in [-0.2, -0.15) is 15.0 Å². The number of rotatable bonds is 3. The van der Waals surface area contributed by atoms with Crippen molar-refractivity contribution < 1.29 is 9.90 Å². The van der Waals surface area contributed by atoms with E-state index in [1.165, 1.54) is 38.5 Å². The van der Waals surface area contributed by atoms with Crippen LogP contribution >= 0.6 is 0 Å². The number of nitrogens with zero attached hydrogens (tertiary/aromatic N) is 3. The number of carbonyl (C=O) groups excluding carboxylic acids is 1. The van der Waals surface area contributed by atoms with Crippen LogP contribution in [0, 0.1) is 40.9 Å². The third-order valence-electron chi connectivity index (χ3n) is 9.39. The van der Waals surface area contributed by atoms with Crippen molar-refractivity contribution in [1.29, 1.82) is 0 Å². The van der Waals surface area contributed by atoms with Crippen molar-refractivity contribution in [1.82, 2.24) is 15.0 Å². The molecule has 8 atom stereocenters. The lowest BCUT2D eigenvalue weighted by Crippen LogP contribution is -2.51. The van der Waals surface area contributed by atoms with Gasteiger partial charge in [0.1, 0.15) is 6.54 Å². The highest BCUT2D eigenvalue weighted by Crippen LogP contribution is 2.64. The second-order valence-electron chi connectivity index (χ2n) is 10.9. The van der Waals surface area contributed by atoms with Gasteiger partial charge in [-0.05, 0) is 99.7 Å². The topological polar surface area (TPSA) is 68.0 Å². The van der Waals surface area contributed by atoms with Crippen LogP contribution in [-0.2, 0) is 11.3 Å². The van der Waals surface area contributed by atoms with Gasteiger partial charge >= 0.3 is 0 Å². The summed E-state index contributed by atoms with van der Waals surface area (Å²) < 4.78 is 0. The molecule has 0 bridgehead atoms. The molecular formula is C23H35N3O2. The molecule has 4 aliphatic carbocycles. The number of hydrogen-bond donors (Lipinski definition) is 1. The minimum atomic E-state index is -0.442. The Morgan fingerprint density at radius 2 is 1.75 bits per heavy atom. The maximum Gasteiger partial charge on any atom is 0.159 e. The predicted molar refractivity (Wildman–Crippen MR) is 106 cm³/mol. The molecule has 1 heterocycles. The molecule has 0 saturated heterocycles. The normalized spacial score (nSPS) is 47.8. The summed E-state index contributed by atoms with van der Waals surface area (Å²) in [6, 6.07) is 0. The van der Waals surface area contributed by atoms with Crippen LogP contribution in [0.4, 0.5) is 0 Å². The molecule has 1 N–H and O–H groups in total. The van der Waals surface area contributed by atoms with E-state index < -0.39 is 5.60 Å². The Morgan fingerprint density at radius 3 is 2.54 bits per heavy atom. The molecular weight excluding hydrogens is 350 g/mol. The summed E-state index contributed by atoms with van der Waals surface area (Å²) in [5.74, 6) is 4.37. The highest BCUT2D eigenvalue weighted by Gasteiger charge is 2.58. The average Bonchev–Trinajstić information content (AvgIpc) is 3.27. The van der Waals surface area contributed by atoms with Gasteiger partial charge in [0.15, 0.2) is 5.78 Å². The van der Waals surface area contributed by atoms with Crippen molar-refractivity contribution in [3.63, 3.8) is 0 Å². The molecule has 0 aromatic carbocycles. The van der Waals surface area contributed by atoms with Gasteiger partial charge in [0.25, 0.3) is 0 Å². The number of hydrogen-bond acceptors (Lipinski definition) is 4.